The average Bonchev–Trinajstić information content (AvgIpc) is 2.59. The van der Waals surface area contributed by atoms with Crippen molar-refractivity contribution in [1.29, 1.82) is 0 Å². The summed E-state index contributed by atoms with van der Waals surface area (Å²) in [5.74, 6) is 0. The molecule has 0 radical (unpaired) electrons. The molecule has 0 atom stereocenters. The molecule has 114 valence electrons. The van der Waals surface area contributed by atoms with Gasteiger partial charge in [-0.2, -0.15) is 0 Å². The van der Waals surface area contributed by atoms with Gasteiger partial charge in [-0.15, -0.1) is 0 Å². The Morgan fingerprint density at radius 1 is 1.25 bits per heavy atom. The molecule has 0 unspecified atom stereocenters. The van der Waals surface area contributed by atoms with E-state index in [1.54, 1.807) is 5.20 Å². The van der Waals surface area contributed by atoms with Crippen molar-refractivity contribution >= 4 is 8.24 Å². The average molecular weight is 368 g/mol. The molecule has 0 amide bonds. The van der Waals surface area contributed by atoms with E-state index in [1.165, 1.54) is 5.57 Å². The second-order valence-corrected chi connectivity index (χ2v) is 10.5. The van der Waals surface area contributed by atoms with Gasteiger partial charge in [-0.05, 0) is 39.2 Å². The summed E-state index contributed by atoms with van der Waals surface area (Å²) in [5, 5.41) is 1.61. The van der Waals surface area contributed by atoms with Gasteiger partial charge in [-0.25, -0.2) is 0 Å². The molecular formula is C15H27Cl2NSiTi. The zero-order valence-electron chi connectivity index (χ0n) is 13.5. The van der Waals surface area contributed by atoms with E-state index in [-0.39, 0.29) is 52.1 Å². The minimum Gasteiger partial charge on any atom is -1.00 e. The summed E-state index contributed by atoms with van der Waals surface area (Å²) in [7, 11) is -1.46. The number of nitrogens with one attached hydrogen (secondary N) is 1. The van der Waals surface area contributed by atoms with Crippen LogP contribution in [0.2, 0.25) is 13.1 Å². The van der Waals surface area contributed by atoms with Crippen LogP contribution >= 0.6 is 0 Å². The fourth-order valence-corrected chi connectivity index (χ4v) is 5.55. The third-order valence-corrected chi connectivity index (χ3v) is 6.26. The van der Waals surface area contributed by atoms with E-state index in [2.05, 4.69) is 70.1 Å². The van der Waals surface area contributed by atoms with Gasteiger partial charge in [0, 0.05) is 5.54 Å². The van der Waals surface area contributed by atoms with Gasteiger partial charge in [0.05, 0.1) is 0 Å². The predicted octanol–water partition coefficient (Wildman–Crippen LogP) is -1.65. The van der Waals surface area contributed by atoms with Gasteiger partial charge in [0.25, 0.3) is 0 Å². The van der Waals surface area contributed by atoms with Crippen molar-refractivity contribution in [3.8, 4) is 0 Å². The third-order valence-electron chi connectivity index (χ3n) is 2.93. The van der Waals surface area contributed by atoms with Gasteiger partial charge in [-0.3, -0.25) is 0 Å². The molecule has 20 heavy (non-hydrogen) atoms. The third kappa shape index (κ3) is 8.86. The molecule has 1 N–H and O–H groups in total. The number of hydrogen-bond acceptors (Lipinski definition) is 1. The van der Waals surface area contributed by atoms with Crippen molar-refractivity contribution in [3.05, 3.63) is 35.1 Å². The van der Waals surface area contributed by atoms with Gasteiger partial charge in [0.1, 0.15) is 8.24 Å². The van der Waals surface area contributed by atoms with Crippen LogP contribution < -0.4 is 29.8 Å². The minimum atomic E-state index is -1.46. The summed E-state index contributed by atoms with van der Waals surface area (Å²) in [6.45, 7) is 13.7. The van der Waals surface area contributed by atoms with Crippen LogP contribution in [0.1, 0.15) is 40.5 Å². The Hall–Kier alpha value is 0.691. The van der Waals surface area contributed by atoms with E-state index < -0.39 is 8.24 Å². The number of halogens is 2. The first-order valence-electron chi connectivity index (χ1n) is 6.62. The molecular weight excluding hydrogens is 341 g/mol. The Balaban J connectivity index is -0.000000963. The predicted molar refractivity (Wildman–Crippen MR) is 80.6 cm³/mol. The molecule has 1 rings (SSSR count). The molecule has 1 nitrogen and oxygen atoms in total. The van der Waals surface area contributed by atoms with Crippen molar-refractivity contribution in [2.24, 2.45) is 0 Å². The zero-order valence-corrected chi connectivity index (χ0v) is 17.6. The molecule has 0 aliphatic heterocycles. The van der Waals surface area contributed by atoms with Gasteiger partial charge >= 0.3 is 21.7 Å². The maximum atomic E-state index is 3.83. The normalized spacial score (nSPS) is 14.9. The van der Waals surface area contributed by atoms with E-state index in [9.17, 15) is 0 Å². The van der Waals surface area contributed by atoms with Crippen LogP contribution in [-0.2, 0) is 21.7 Å². The Kier molecular flexibility index (Phi) is 13.4. The second-order valence-electron chi connectivity index (χ2n) is 6.39. The maximum Gasteiger partial charge on any atom is 2.00 e. The summed E-state index contributed by atoms with van der Waals surface area (Å²) in [6.07, 6.45) is 11.5. The van der Waals surface area contributed by atoms with E-state index in [1.807, 2.05) is 0 Å². The van der Waals surface area contributed by atoms with Crippen LogP contribution in [0.15, 0.2) is 35.1 Å². The molecule has 5 heteroatoms. The summed E-state index contributed by atoms with van der Waals surface area (Å²) < 4.78 is 0. The molecule has 0 aromatic rings. The van der Waals surface area contributed by atoms with Crippen molar-refractivity contribution in [3.63, 3.8) is 0 Å². The summed E-state index contributed by atoms with van der Waals surface area (Å²) in [4.78, 5) is 3.83. The Bertz CT molecular complexity index is 369. The van der Waals surface area contributed by atoms with E-state index in [0.717, 1.165) is 12.8 Å². The van der Waals surface area contributed by atoms with Gasteiger partial charge in [0.15, 0.2) is 0 Å². The second kappa shape index (κ2) is 10.4. The molecule has 0 heterocycles. The summed E-state index contributed by atoms with van der Waals surface area (Å²) >= 11 is 0. The number of rotatable bonds is 4. The first-order valence-corrected chi connectivity index (χ1v) is 9.62. The SMILES string of the molecule is CCC=CC1=CCC([Si](C)(C)NC(C)(C)C)=C1.[Cl-].[Cl-].[Ti+2]. The van der Waals surface area contributed by atoms with E-state index in [4.69, 9.17) is 0 Å². The van der Waals surface area contributed by atoms with Crippen LogP contribution in [0.4, 0.5) is 0 Å². The van der Waals surface area contributed by atoms with Gasteiger partial charge in [-0.1, -0.05) is 49.5 Å². The Morgan fingerprint density at radius 2 is 1.80 bits per heavy atom. The largest absolute Gasteiger partial charge is 2.00 e. The number of hydrogen-bond donors (Lipinski definition) is 1. The van der Waals surface area contributed by atoms with E-state index in [0.29, 0.717) is 0 Å². The molecule has 0 bridgehead atoms. The molecule has 0 saturated carbocycles. The maximum absolute atomic E-state index is 3.83. The minimum absolute atomic E-state index is 0. The van der Waals surface area contributed by atoms with Crippen molar-refractivity contribution in [2.45, 2.75) is 59.2 Å². The van der Waals surface area contributed by atoms with Crippen LogP contribution in [-0.4, -0.2) is 13.8 Å². The van der Waals surface area contributed by atoms with Crippen molar-refractivity contribution in [1.82, 2.24) is 4.98 Å². The van der Waals surface area contributed by atoms with Crippen LogP contribution in [0, 0.1) is 0 Å². The topological polar surface area (TPSA) is 12.0 Å². The zero-order chi connectivity index (χ0) is 13.1. The molecule has 0 fully saturated rings. The Morgan fingerprint density at radius 3 is 2.25 bits per heavy atom. The fourth-order valence-electron chi connectivity index (χ4n) is 2.37. The fraction of sp³-hybridized carbons (Fsp3) is 0.600. The summed E-state index contributed by atoms with van der Waals surface area (Å²) in [5.41, 5.74) is 1.59. The van der Waals surface area contributed by atoms with Crippen LogP contribution in [0.3, 0.4) is 0 Å². The van der Waals surface area contributed by atoms with Crippen LogP contribution in [0.25, 0.3) is 0 Å². The molecule has 1 aliphatic carbocycles. The quantitative estimate of drug-likeness (QED) is 0.587. The molecule has 0 spiro atoms. The van der Waals surface area contributed by atoms with E-state index >= 15 is 0 Å². The standard InChI is InChI=1S/C15H27NSi.2ClH.Ti/c1-7-8-9-13-10-11-14(12-13)17(5,6)16-15(2,3)4;;;/h8-10,12,16H,7,11H2,1-6H3;2*1H;/q;;;+2/p-2. The number of allylic oxidation sites excluding steroid dienone is 6. The van der Waals surface area contributed by atoms with Gasteiger partial charge in [0.2, 0.25) is 0 Å². The molecule has 0 saturated heterocycles. The van der Waals surface area contributed by atoms with Crippen LogP contribution in [0.5, 0.6) is 0 Å². The molecule has 0 aromatic carbocycles. The first-order chi connectivity index (χ1) is 7.74. The smallest absolute Gasteiger partial charge is 1.00 e. The van der Waals surface area contributed by atoms with Crippen molar-refractivity contribution in [2.75, 3.05) is 0 Å². The van der Waals surface area contributed by atoms with Gasteiger partial charge < -0.3 is 29.8 Å². The first kappa shape index (κ1) is 25.6. The van der Waals surface area contributed by atoms with Crippen molar-refractivity contribution < 1.29 is 46.5 Å². The monoisotopic (exact) mass is 367 g/mol. The molecule has 0 aromatic heterocycles. The summed E-state index contributed by atoms with van der Waals surface area (Å²) in [6, 6.07) is 0. The molecule has 1 aliphatic rings. The Labute approximate surface area is 153 Å².